The zero-order chi connectivity index (χ0) is 12.5. The maximum Gasteiger partial charge on any atom is 0.328 e. The Kier molecular flexibility index (Phi) is 4.27. The summed E-state index contributed by atoms with van der Waals surface area (Å²) < 4.78 is 7.41. The molecule has 5 heteroatoms. The highest BCUT2D eigenvalue weighted by Gasteiger charge is 2.22. The Bertz CT molecular complexity index is 445. The van der Waals surface area contributed by atoms with Gasteiger partial charge in [-0.05, 0) is 32.0 Å². The molecule has 1 atom stereocenters. The van der Waals surface area contributed by atoms with Crippen molar-refractivity contribution in [1.82, 2.24) is 4.57 Å². The first kappa shape index (κ1) is 13.4. The molecule has 0 radical (unpaired) electrons. The van der Waals surface area contributed by atoms with E-state index in [-0.39, 0.29) is 12.0 Å². The molecule has 16 heavy (non-hydrogen) atoms. The molecule has 0 saturated heterocycles. The first-order valence-corrected chi connectivity index (χ1v) is 6.42. The molecule has 3 nitrogen and oxygen atoms in total. The third-order valence-electron chi connectivity index (χ3n) is 2.53. The van der Waals surface area contributed by atoms with Crippen LogP contribution in [-0.2, 0) is 9.53 Å². The molecule has 1 aromatic heterocycles. The molecule has 0 aliphatic rings. The quantitative estimate of drug-likeness (QED) is 0.615. The van der Waals surface area contributed by atoms with Crippen molar-refractivity contribution in [3.8, 4) is 0 Å². The smallest absolute Gasteiger partial charge is 0.328 e. The number of esters is 1. The van der Waals surface area contributed by atoms with Gasteiger partial charge in [-0.1, -0.05) is 13.8 Å². The fraction of sp³-hybridized carbons (Fsp3) is 0.636. The number of rotatable bonds is 3. The lowest BCUT2D eigenvalue weighted by molar-refractivity contribution is -0.144. The van der Waals surface area contributed by atoms with Crippen LogP contribution in [0.4, 0.5) is 0 Å². The van der Waals surface area contributed by atoms with Crippen LogP contribution in [0, 0.1) is 10.9 Å². The summed E-state index contributed by atoms with van der Waals surface area (Å²) in [6.45, 7) is 8.06. The van der Waals surface area contributed by atoms with Crippen molar-refractivity contribution in [3.63, 3.8) is 0 Å². The van der Waals surface area contributed by atoms with Crippen molar-refractivity contribution >= 4 is 29.5 Å². The fourth-order valence-electron chi connectivity index (χ4n) is 1.83. The van der Waals surface area contributed by atoms with Gasteiger partial charge in [-0.3, -0.25) is 0 Å². The number of aromatic nitrogens is 1. The number of hydrogen-bond donors (Lipinski definition) is 0. The summed E-state index contributed by atoms with van der Waals surface area (Å²) in [7, 11) is 1.40. The summed E-state index contributed by atoms with van der Waals surface area (Å²) in [5, 5.41) is 0. The average molecular weight is 259 g/mol. The Morgan fingerprint density at radius 3 is 2.44 bits per heavy atom. The molecule has 90 valence electrons. The van der Waals surface area contributed by atoms with E-state index in [0.717, 1.165) is 9.65 Å². The van der Waals surface area contributed by atoms with E-state index in [1.807, 2.05) is 18.4 Å². The van der Waals surface area contributed by atoms with Crippen molar-refractivity contribution in [3.05, 3.63) is 14.5 Å². The van der Waals surface area contributed by atoms with Crippen molar-refractivity contribution in [1.29, 1.82) is 0 Å². The predicted molar refractivity (Wildman–Crippen MR) is 68.7 cm³/mol. The summed E-state index contributed by atoms with van der Waals surface area (Å²) in [5.74, 6) is 0.0934. The Labute approximate surface area is 105 Å². The van der Waals surface area contributed by atoms with Gasteiger partial charge in [0.1, 0.15) is 6.04 Å². The first-order valence-electron chi connectivity index (χ1n) is 5.19. The van der Waals surface area contributed by atoms with Gasteiger partial charge in [0.2, 0.25) is 0 Å². The van der Waals surface area contributed by atoms with Gasteiger partial charge in [0, 0.05) is 10.6 Å². The number of hydrogen-bond acceptors (Lipinski definition) is 4. The SMILES string of the molecule is COC(=O)C(C)n1c(C(C)C)c(C)sc1=S. The zero-order valence-electron chi connectivity index (χ0n) is 10.2. The van der Waals surface area contributed by atoms with Crippen LogP contribution in [0.15, 0.2) is 0 Å². The fourth-order valence-corrected chi connectivity index (χ4v) is 3.51. The zero-order valence-corrected chi connectivity index (χ0v) is 11.9. The van der Waals surface area contributed by atoms with E-state index in [2.05, 4.69) is 13.8 Å². The van der Waals surface area contributed by atoms with Crippen molar-refractivity contribution in [2.75, 3.05) is 7.11 Å². The lowest BCUT2D eigenvalue weighted by Gasteiger charge is -2.17. The van der Waals surface area contributed by atoms with E-state index in [0.29, 0.717) is 5.92 Å². The summed E-state index contributed by atoms with van der Waals surface area (Å²) in [4.78, 5) is 12.7. The number of ether oxygens (including phenoxy) is 1. The Hall–Kier alpha value is -0.680. The Balaban J connectivity index is 3.32. The Morgan fingerprint density at radius 2 is 2.00 bits per heavy atom. The summed E-state index contributed by atoms with van der Waals surface area (Å²) in [5.41, 5.74) is 1.13. The van der Waals surface area contributed by atoms with E-state index in [9.17, 15) is 4.79 Å². The first-order chi connectivity index (χ1) is 7.40. The average Bonchev–Trinajstić information content (AvgIpc) is 2.51. The number of carbonyl (C=O) groups is 1. The molecule has 0 bridgehead atoms. The highest BCUT2D eigenvalue weighted by atomic mass is 32.1. The van der Waals surface area contributed by atoms with E-state index in [1.165, 1.54) is 12.0 Å². The molecule has 0 spiro atoms. The standard InChI is InChI=1S/C11H17NO2S2/c1-6(2)9-8(4)16-11(15)12(9)7(3)10(13)14-5/h6-7H,1-5H3. The number of aryl methyl sites for hydroxylation is 1. The molecule has 0 amide bonds. The van der Waals surface area contributed by atoms with Crippen LogP contribution >= 0.6 is 23.6 Å². The van der Waals surface area contributed by atoms with Crippen LogP contribution in [0.5, 0.6) is 0 Å². The van der Waals surface area contributed by atoms with Gasteiger partial charge in [0.15, 0.2) is 3.95 Å². The van der Waals surface area contributed by atoms with Gasteiger partial charge in [0.25, 0.3) is 0 Å². The monoisotopic (exact) mass is 259 g/mol. The van der Waals surface area contributed by atoms with Gasteiger partial charge in [0.05, 0.1) is 7.11 Å². The van der Waals surface area contributed by atoms with E-state index in [1.54, 1.807) is 11.3 Å². The molecular formula is C11H17NO2S2. The van der Waals surface area contributed by atoms with Gasteiger partial charge >= 0.3 is 5.97 Å². The minimum absolute atomic E-state index is 0.254. The van der Waals surface area contributed by atoms with Crippen molar-refractivity contribution in [2.45, 2.75) is 39.7 Å². The second-order valence-corrected chi connectivity index (χ2v) is 5.88. The molecule has 0 aliphatic carbocycles. The molecule has 0 saturated carbocycles. The molecule has 0 aliphatic heterocycles. The number of nitrogens with zero attached hydrogens (tertiary/aromatic N) is 1. The lowest BCUT2D eigenvalue weighted by atomic mass is 10.1. The van der Waals surface area contributed by atoms with Gasteiger partial charge in [-0.25, -0.2) is 4.79 Å². The van der Waals surface area contributed by atoms with Crippen LogP contribution < -0.4 is 0 Å². The second kappa shape index (κ2) is 5.10. The van der Waals surface area contributed by atoms with Gasteiger partial charge in [-0.15, -0.1) is 11.3 Å². The topological polar surface area (TPSA) is 31.2 Å². The molecule has 1 heterocycles. The van der Waals surface area contributed by atoms with Crippen LogP contribution in [-0.4, -0.2) is 17.6 Å². The van der Waals surface area contributed by atoms with Crippen LogP contribution in [0.1, 0.15) is 43.3 Å². The number of thiazole rings is 1. The van der Waals surface area contributed by atoms with E-state index < -0.39 is 0 Å². The van der Waals surface area contributed by atoms with Gasteiger partial charge in [-0.2, -0.15) is 0 Å². The molecule has 1 rings (SSSR count). The largest absolute Gasteiger partial charge is 0.467 e. The van der Waals surface area contributed by atoms with Crippen LogP contribution in [0.25, 0.3) is 0 Å². The number of carbonyl (C=O) groups excluding carboxylic acids is 1. The third-order valence-corrected chi connectivity index (χ3v) is 3.87. The van der Waals surface area contributed by atoms with Crippen LogP contribution in [0.2, 0.25) is 0 Å². The third kappa shape index (κ3) is 2.35. The van der Waals surface area contributed by atoms with E-state index in [4.69, 9.17) is 17.0 Å². The minimum Gasteiger partial charge on any atom is -0.467 e. The van der Waals surface area contributed by atoms with Crippen molar-refractivity contribution in [2.24, 2.45) is 0 Å². The summed E-state index contributed by atoms with van der Waals surface area (Å²) in [6.07, 6.45) is 0. The molecular weight excluding hydrogens is 242 g/mol. The molecule has 1 unspecified atom stereocenters. The molecule has 0 N–H and O–H groups in total. The maximum absolute atomic E-state index is 11.6. The minimum atomic E-state index is -0.347. The summed E-state index contributed by atoms with van der Waals surface area (Å²) in [6, 6.07) is -0.347. The normalized spacial score (nSPS) is 12.9. The second-order valence-electron chi connectivity index (χ2n) is 4.03. The predicted octanol–water partition coefficient (Wildman–Crippen LogP) is 3.44. The summed E-state index contributed by atoms with van der Waals surface area (Å²) >= 11 is 6.85. The highest BCUT2D eigenvalue weighted by Crippen LogP contribution is 2.29. The Morgan fingerprint density at radius 1 is 1.44 bits per heavy atom. The molecule has 1 aromatic rings. The lowest BCUT2D eigenvalue weighted by Crippen LogP contribution is -2.20. The molecule has 0 fully saturated rings. The number of methoxy groups -OCH3 is 1. The van der Waals surface area contributed by atoms with Crippen molar-refractivity contribution < 1.29 is 9.53 Å². The highest BCUT2D eigenvalue weighted by molar-refractivity contribution is 7.73. The maximum atomic E-state index is 11.6. The van der Waals surface area contributed by atoms with E-state index >= 15 is 0 Å². The van der Waals surface area contributed by atoms with Gasteiger partial charge < -0.3 is 9.30 Å². The van der Waals surface area contributed by atoms with Crippen LogP contribution in [0.3, 0.4) is 0 Å². The molecule has 0 aromatic carbocycles.